The summed E-state index contributed by atoms with van der Waals surface area (Å²) in [6, 6.07) is 5.17. The van der Waals surface area contributed by atoms with Gasteiger partial charge in [-0.15, -0.1) is 0 Å². The van der Waals surface area contributed by atoms with Gasteiger partial charge >= 0.3 is 0 Å². The van der Waals surface area contributed by atoms with E-state index in [9.17, 15) is 8.78 Å². The Bertz CT molecular complexity index is 535. The molecule has 6 heteroatoms. The molecular formula is C12H13F2N3O. The first kappa shape index (κ1) is 12.3. The molecule has 0 atom stereocenters. The predicted molar refractivity (Wildman–Crippen MR) is 63.2 cm³/mol. The molecule has 2 N–H and O–H groups in total. The molecule has 1 aromatic carbocycles. The summed E-state index contributed by atoms with van der Waals surface area (Å²) in [6.07, 6.45) is 0.546. The number of nitrogens with two attached hydrogens (primary N) is 1. The third-order valence-corrected chi connectivity index (χ3v) is 2.48. The van der Waals surface area contributed by atoms with Crippen LogP contribution in [0.3, 0.4) is 0 Å². The van der Waals surface area contributed by atoms with Gasteiger partial charge in [-0.05, 0) is 12.1 Å². The first-order valence-corrected chi connectivity index (χ1v) is 5.42. The molecule has 0 bridgehead atoms. The summed E-state index contributed by atoms with van der Waals surface area (Å²) in [4.78, 5) is 0. The van der Waals surface area contributed by atoms with Crippen LogP contribution in [-0.2, 0) is 13.5 Å². The first-order chi connectivity index (χ1) is 8.56. The molecular weight excluding hydrogens is 240 g/mol. The Balaban J connectivity index is 1.90. The van der Waals surface area contributed by atoms with Crippen molar-refractivity contribution < 1.29 is 13.5 Å². The van der Waals surface area contributed by atoms with E-state index in [0.29, 0.717) is 18.8 Å². The fourth-order valence-electron chi connectivity index (χ4n) is 1.51. The predicted octanol–water partition coefficient (Wildman–Crippen LogP) is 1.90. The fourth-order valence-corrected chi connectivity index (χ4v) is 1.51. The molecule has 0 aliphatic carbocycles. The van der Waals surface area contributed by atoms with Crippen molar-refractivity contribution in [1.82, 2.24) is 9.78 Å². The summed E-state index contributed by atoms with van der Waals surface area (Å²) in [5, 5.41) is 4.15. The summed E-state index contributed by atoms with van der Waals surface area (Å²) in [7, 11) is 1.75. The largest absolute Gasteiger partial charge is 0.493 e. The lowest BCUT2D eigenvalue weighted by Crippen LogP contribution is -2.03. The number of ether oxygens (including phenoxy) is 1. The molecule has 0 aliphatic rings. The van der Waals surface area contributed by atoms with E-state index >= 15 is 0 Å². The molecule has 0 aliphatic heterocycles. The summed E-state index contributed by atoms with van der Waals surface area (Å²) < 4.78 is 32.4. The third-order valence-electron chi connectivity index (χ3n) is 2.48. The summed E-state index contributed by atoms with van der Waals surface area (Å²) in [5.41, 5.74) is 6.42. The van der Waals surface area contributed by atoms with Gasteiger partial charge in [0.05, 0.1) is 12.3 Å². The van der Waals surface area contributed by atoms with Gasteiger partial charge in [0.2, 0.25) is 0 Å². The molecule has 0 fully saturated rings. The van der Waals surface area contributed by atoms with E-state index in [2.05, 4.69) is 5.10 Å². The van der Waals surface area contributed by atoms with E-state index in [0.717, 1.165) is 17.8 Å². The van der Waals surface area contributed by atoms with Crippen LogP contribution in [0.5, 0.6) is 5.75 Å². The van der Waals surface area contributed by atoms with Crippen molar-refractivity contribution in [3.8, 4) is 5.75 Å². The van der Waals surface area contributed by atoms with Crippen LogP contribution in [0.25, 0.3) is 0 Å². The van der Waals surface area contributed by atoms with Crippen LogP contribution in [0.4, 0.5) is 14.6 Å². The number of rotatable bonds is 4. The van der Waals surface area contributed by atoms with E-state index < -0.39 is 11.6 Å². The average molecular weight is 253 g/mol. The Morgan fingerprint density at radius 3 is 2.67 bits per heavy atom. The van der Waals surface area contributed by atoms with Gasteiger partial charge in [0.1, 0.15) is 11.6 Å². The van der Waals surface area contributed by atoms with Gasteiger partial charge in [-0.25, -0.2) is 8.78 Å². The maximum atomic E-state index is 12.9. The Labute approximate surface area is 103 Å². The van der Waals surface area contributed by atoms with Gasteiger partial charge in [0, 0.05) is 25.6 Å². The van der Waals surface area contributed by atoms with Crippen molar-refractivity contribution in [1.29, 1.82) is 0 Å². The van der Waals surface area contributed by atoms with E-state index in [4.69, 9.17) is 10.5 Å². The molecule has 18 heavy (non-hydrogen) atoms. The van der Waals surface area contributed by atoms with Gasteiger partial charge in [-0.2, -0.15) is 5.10 Å². The van der Waals surface area contributed by atoms with Gasteiger partial charge in [-0.1, -0.05) is 0 Å². The van der Waals surface area contributed by atoms with Gasteiger partial charge in [0.15, 0.2) is 11.6 Å². The van der Waals surface area contributed by atoms with Gasteiger partial charge in [0.25, 0.3) is 0 Å². The van der Waals surface area contributed by atoms with Gasteiger partial charge in [-0.3, -0.25) is 4.68 Å². The van der Waals surface area contributed by atoms with Crippen LogP contribution in [0, 0.1) is 11.6 Å². The minimum Gasteiger partial charge on any atom is -0.493 e. The molecule has 0 unspecified atom stereocenters. The zero-order chi connectivity index (χ0) is 13.1. The number of halogens is 2. The monoisotopic (exact) mass is 253 g/mol. The molecule has 0 saturated carbocycles. The highest BCUT2D eigenvalue weighted by Gasteiger charge is 2.05. The standard InChI is InChI=1S/C12H13F2N3O/c1-17-12(15)6-8(16-17)4-5-18-9-2-3-10(13)11(14)7-9/h2-3,6-7H,4-5,15H2,1H3. The minimum atomic E-state index is -0.922. The molecule has 0 spiro atoms. The van der Waals surface area contributed by atoms with Crippen molar-refractivity contribution in [2.45, 2.75) is 6.42 Å². The Morgan fingerprint density at radius 1 is 1.28 bits per heavy atom. The molecule has 96 valence electrons. The zero-order valence-corrected chi connectivity index (χ0v) is 9.86. The molecule has 2 rings (SSSR count). The van der Waals surface area contributed by atoms with Crippen molar-refractivity contribution in [2.24, 2.45) is 7.05 Å². The number of aromatic nitrogens is 2. The number of benzene rings is 1. The number of nitrogen functional groups attached to an aromatic ring is 1. The molecule has 0 radical (unpaired) electrons. The van der Waals surface area contributed by atoms with Crippen LogP contribution in [0.15, 0.2) is 24.3 Å². The quantitative estimate of drug-likeness (QED) is 0.905. The van der Waals surface area contributed by atoms with Crippen molar-refractivity contribution in [2.75, 3.05) is 12.3 Å². The number of aryl methyl sites for hydroxylation is 1. The second kappa shape index (κ2) is 5.03. The second-order valence-corrected chi connectivity index (χ2v) is 3.86. The highest BCUT2D eigenvalue weighted by Crippen LogP contribution is 2.15. The smallest absolute Gasteiger partial charge is 0.162 e. The van der Waals surface area contributed by atoms with Crippen LogP contribution in [0.1, 0.15) is 5.69 Å². The van der Waals surface area contributed by atoms with E-state index in [1.165, 1.54) is 6.07 Å². The lowest BCUT2D eigenvalue weighted by Gasteiger charge is -2.04. The second-order valence-electron chi connectivity index (χ2n) is 3.86. The number of hydrogen-bond donors (Lipinski definition) is 1. The molecule has 1 heterocycles. The zero-order valence-electron chi connectivity index (χ0n) is 9.86. The molecule has 4 nitrogen and oxygen atoms in total. The van der Waals surface area contributed by atoms with Crippen LogP contribution in [0.2, 0.25) is 0 Å². The van der Waals surface area contributed by atoms with Crippen molar-refractivity contribution >= 4 is 5.82 Å². The van der Waals surface area contributed by atoms with Crippen molar-refractivity contribution in [3.05, 3.63) is 41.6 Å². The normalized spacial score (nSPS) is 10.6. The van der Waals surface area contributed by atoms with Crippen LogP contribution < -0.4 is 10.5 Å². The summed E-state index contributed by atoms with van der Waals surface area (Å²) in [6.45, 7) is 0.321. The average Bonchev–Trinajstić information content (AvgIpc) is 2.63. The molecule has 1 aromatic heterocycles. The number of nitrogens with zero attached hydrogens (tertiary/aromatic N) is 2. The Kier molecular flexibility index (Phi) is 3.45. The lowest BCUT2D eigenvalue weighted by atomic mass is 10.3. The minimum absolute atomic E-state index is 0.290. The fraction of sp³-hybridized carbons (Fsp3) is 0.250. The summed E-state index contributed by atoms with van der Waals surface area (Å²) in [5.74, 6) is -0.954. The molecule has 0 amide bonds. The Hall–Kier alpha value is -2.11. The topological polar surface area (TPSA) is 53.1 Å². The molecule has 0 saturated heterocycles. The Morgan fingerprint density at radius 2 is 2.06 bits per heavy atom. The number of hydrogen-bond acceptors (Lipinski definition) is 3. The maximum Gasteiger partial charge on any atom is 0.162 e. The SMILES string of the molecule is Cn1nc(CCOc2ccc(F)c(F)c2)cc1N. The number of anilines is 1. The lowest BCUT2D eigenvalue weighted by molar-refractivity contribution is 0.317. The first-order valence-electron chi connectivity index (χ1n) is 5.42. The molecule has 2 aromatic rings. The third kappa shape index (κ3) is 2.77. The van der Waals surface area contributed by atoms with Crippen LogP contribution >= 0.6 is 0 Å². The van der Waals surface area contributed by atoms with Crippen molar-refractivity contribution in [3.63, 3.8) is 0 Å². The summed E-state index contributed by atoms with van der Waals surface area (Å²) >= 11 is 0. The van der Waals surface area contributed by atoms with E-state index in [1.54, 1.807) is 17.8 Å². The highest BCUT2D eigenvalue weighted by atomic mass is 19.2. The van der Waals surface area contributed by atoms with Crippen LogP contribution in [-0.4, -0.2) is 16.4 Å². The highest BCUT2D eigenvalue weighted by molar-refractivity contribution is 5.30. The maximum absolute atomic E-state index is 12.9. The van der Waals surface area contributed by atoms with E-state index in [1.807, 2.05) is 0 Å². The van der Waals surface area contributed by atoms with E-state index in [-0.39, 0.29) is 5.75 Å². The van der Waals surface area contributed by atoms with Gasteiger partial charge < -0.3 is 10.5 Å².